The van der Waals surface area contributed by atoms with E-state index in [0.717, 1.165) is 16.7 Å². The molecule has 1 amide bonds. The van der Waals surface area contributed by atoms with Gasteiger partial charge in [0.15, 0.2) is 0 Å². The van der Waals surface area contributed by atoms with Crippen molar-refractivity contribution in [2.24, 2.45) is 5.84 Å². The van der Waals surface area contributed by atoms with Crippen LogP contribution >= 0.6 is 0 Å². The molecule has 0 fully saturated rings. The van der Waals surface area contributed by atoms with Crippen molar-refractivity contribution in [1.29, 1.82) is 0 Å². The lowest BCUT2D eigenvalue weighted by Gasteiger charge is -2.21. The summed E-state index contributed by atoms with van der Waals surface area (Å²) in [6.07, 6.45) is 0. The van der Waals surface area contributed by atoms with Crippen molar-refractivity contribution in [3.05, 3.63) is 65.2 Å². The van der Waals surface area contributed by atoms with Crippen LogP contribution < -0.4 is 22.3 Å². The predicted octanol–water partition coefficient (Wildman–Crippen LogP) is 1.25. The van der Waals surface area contributed by atoms with E-state index in [9.17, 15) is 4.79 Å². The molecule has 1 atom stereocenters. The molecular weight excluding hydrogens is 264 g/mol. The van der Waals surface area contributed by atoms with Crippen LogP contribution in [0, 0.1) is 6.92 Å². The summed E-state index contributed by atoms with van der Waals surface area (Å²) in [5.74, 6) is 4.84. The Kier molecular flexibility index (Phi) is 4.92. The van der Waals surface area contributed by atoms with Gasteiger partial charge in [-0.25, -0.2) is 5.84 Å². The van der Waals surface area contributed by atoms with E-state index >= 15 is 0 Å². The average molecular weight is 284 g/mol. The summed E-state index contributed by atoms with van der Waals surface area (Å²) in [5.41, 5.74) is 12.0. The van der Waals surface area contributed by atoms with Crippen molar-refractivity contribution in [2.45, 2.75) is 13.0 Å². The Morgan fingerprint density at radius 2 is 1.90 bits per heavy atom. The second kappa shape index (κ2) is 6.88. The number of anilines is 1. The number of hydrogen-bond donors (Lipinski definition) is 4. The maximum absolute atomic E-state index is 11.4. The Bertz CT molecular complexity index is 613. The molecule has 0 aliphatic rings. The zero-order chi connectivity index (χ0) is 15.2. The van der Waals surface area contributed by atoms with Crippen molar-refractivity contribution in [3.8, 4) is 0 Å². The highest BCUT2D eigenvalue weighted by Gasteiger charge is 2.17. The SMILES string of the molecule is Cc1ccc([C@H](NCC(=O)NN)c2ccccc2)c(N)c1. The van der Waals surface area contributed by atoms with Crippen LogP contribution in [0.1, 0.15) is 22.7 Å². The van der Waals surface area contributed by atoms with Crippen LogP contribution in [-0.2, 0) is 4.79 Å². The quantitative estimate of drug-likeness (QED) is 0.288. The minimum atomic E-state index is -0.276. The monoisotopic (exact) mass is 284 g/mol. The standard InChI is InChI=1S/C16H20N4O/c1-11-7-8-13(14(17)9-11)16(19-10-15(21)20-18)12-5-3-2-4-6-12/h2-9,16,19H,10,17-18H2,1H3,(H,20,21)/t16-/m1/s1. The van der Waals surface area contributed by atoms with E-state index < -0.39 is 0 Å². The van der Waals surface area contributed by atoms with Crippen LogP contribution in [0.5, 0.6) is 0 Å². The molecule has 0 unspecified atom stereocenters. The van der Waals surface area contributed by atoms with Gasteiger partial charge in [0.05, 0.1) is 12.6 Å². The number of benzene rings is 2. The van der Waals surface area contributed by atoms with Crippen LogP contribution in [0.2, 0.25) is 0 Å². The zero-order valence-corrected chi connectivity index (χ0v) is 12.0. The first-order chi connectivity index (χ1) is 10.1. The van der Waals surface area contributed by atoms with Gasteiger partial charge in [0, 0.05) is 5.69 Å². The van der Waals surface area contributed by atoms with Crippen molar-refractivity contribution in [1.82, 2.24) is 10.7 Å². The van der Waals surface area contributed by atoms with E-state index in [4.69, 9.17) is 11.6 Å². The molecule has 6 N–H and O–H groups in total. The fourth-order valence-electron chi connectivity index (χ4n) is 2.26. The molecule has 0 aliphatic heterocycles. The van der Waals surface area contributed by atoms with Crippen LogP contribution in [0.4, 0.5) is 5.69 Å². The molecular formula is C16H20N4O. The molecule has 0 radical (unpaired) electrons. The first kappa shape index (κ1) is 15.0. The first-order valence-electron chi connectivity index (χ1n) is 6.75. The third-order valence-corrected chi connectivity index (χ3v) is 3.31. The van der Waals surface area contributed by atoms with E-state index in [1.54, 1.807) is 0 Å². The second-order valence-corrected chi connectivity index (χ2v) is 4.92. The molecule has 0 aliphatic carbocycles. The minimum Gasteiger partial charge on any atom is -0.398 e. The van der Waals surface area contributed by atoms with Gasteiger partial charge in [-0.1, -0.05) is 42.5 Å². The number of carbonyl (C=O) groups excluding carboxylic acids is 1. The second-order valence-electron chi connectivity index (χ2n) is 4.92. The molecule has 5 heteroatoms. The van der Waals surface area contributed by atoms with Crippen LogP contribution in [-0.4, -0.2) is 12.5 Å². The van der Waals surface area contributed by atoms with Crippen LogP contribution in [0.15, 0.2) is 48.5 Å². The highest BCUT2D eigenvalue weighted by atomic mass is 16.2. The lowest BCUT2D eigenvalue weighted by atomic mass is 9.96. The normalized spacial score (nSPS) is 11.9. The highest BCUT2D eigenvalue weighted by molar-refractivity contribution is 5.77. The van der Waals surface area contributed by atoms with Gasteiger partial charge in [-0.15, -0.1) is 0 Å². The van der Waals surface area contributed by atoms with Gasteiger partial charge in [0.2, 0.25) is 5.91 Å². The van der Waals surface area contributed by atoms with Crippen molar-refractivity contribution >= 4 is 11.6 Å². The van der Waals surface area contributed by atoms with Crippen LogP contribution in [0.3, 0.4) is 0 Å². The summed E-state index contributed by atoms with van der Waals surface area (Å²) >= 11 is 0. The molecule has 0 heterocycles. The number of hydrazine groups is 1. The fraction of sp³-hybridized carbons (Fsp3) is 0.188. The molecule has 110 valence electrons. The largest absolute Gasteiger partial charge is 0.398 e. The van der Waals surface area contributed by atoms with Gasteiger partial charge in [-0.2, -0.15) is 0 Å². The number of nitrogen functional groups attached to an aromatic ring is 1. The highest BCUT2D eigenvalue weighted by Crippen LogP contribution is 2.27. The van der Waals surface area contributed by atoms with Gasteiger partial charge in [0.25, 0.3) is 0 Å². The Morgan fingerprint density at radius 3 is 2.52 bits per heavy atom. The molecule has 2 aromatic carbocycles. The lowest BCUT2D eigenvalue weighted by molar-refractivity contribution is -0.120. The lowest BCUT2D eigenvalue weighted by Crippen LogP contribution is -2.39. The third-order valence-electron chi connectivity index (χ3n) is 3.31. The molecule has 0 aromatic heterocycles. The molecule has 21 heavy (non-hydrogen) atoms. The number of amides is 1. The number of nitrogens with two attached hydrogens (primary N) is 2. The summed E-state index contributed by atoms with van der Waals surface area (Å²) in [5, 5.41) is 3.19. The molecule has 0 bridgehead atoms. The Labute approximate surface area is 124 Å². The smallest absolute Gasteiger partial charge is 0.247 e. The van der Waals surface area contributed by atoms with E-state index in [-0.39, 0.29) is 18.5 Å². The molecule has 5 nitrogen and oxygen atoms in total. The van der Waals surface area contributed by atoms with Gasteiger partial charge in [-0.3, -0.25) is 15.5 Å². The van der Waals surface area contributed by atoms with Gasteiger partial charge in [0.1, 0.15) is 0 Å². The topological polar surface area (TPSA) is 93.2 Å². The Morgan fingerprint density at radius 1 is 1.19 bits per heavy atom. The zero-order valence-electron chi connectivity index (χ0n) is 12.0. The van der Waals surface area contributed by atoms with Crippen molar-refractivity contribution in [3.63, 3.8) is 0 Å². The molecule has 0 spiro atoms. The number of aryl methyl sites for hydroxylation is 1. The first-order valence-corrected chi connectivity index (χ1v) is 6.75. The van der Waals surface area contributed by atoms with E-state index in [1.807, 2.05) is 55.5 Å². The fourth-order valence-corrected chi connectivity index (χ4v) is 2.26. The van der Waals surface area contributed by atoms with Crippen molar-refractivity contribution in [2.75, 3.05) is 12.3 Å². The third kappa shape index (κ3) is 3.81. The number of carbonyl (C=O) groups is 1. The summed E-state index contributed by atoms with van der Waals surface area (Å²) in [7, 11) is 0. The van der Waals surface area contributed by atoms with E-state index in [0.29, 0.717) is 5.69 Å². The van der Waals surface area contributed by atoms with Gasteiger partial charge >= 0.3 is 0 Å². The Hall–Kier alpha value is -2.37. The predicted molar refractivity (Wildman–Crippen MR) is 84.2 cm³/mol. The summed E-state index contributed by atoms with van der Waals surface area (Å²) < 4.78 is 0. The van der Waals surface area contributed by atoms with E-state index in [2.05, 4.69) is 10.7 Å². The Balaban J connectivity index is 2.33. The number of hydrogen-bond acceptors (Lipinski definition) is 4. The van der Waals surface area contributed by atoms with Crippen LogP contribution in [0.25, 0.3) is 0 Å². The summed E-state index contributed by atoms with van der Waals surface area (Å²) in [6.45, 7) is 2.11. The summed E-state index contributed by atoms with van der Waals surface area (Å²) in [4.78, 5) is 11.4. The maximum atomic E-state index is 11.4. The number of nitrogens with one attached hydrogen (secondary N) is 2. The van der Waals surface area contributed by atoms with E-state index in [1.165, 1.54) is 0 Å². The minimum absolute atomic E-state index is 0.114. The maximum Gasteiger partial charge on any atom is 0.247 e. The molecule has 2 rings (SSSR count). The van der Waals surface area contributed by atoms with Gasteiger partial charge < -0.3 is 5.73 Å². The van der Waals surface area contributed by atoms with Crippen molar-refractivity contribution < 1.29 is 4.79 Å². The molecule has 2 aromatic rings. The molecule has 0 saturated heterocycles. The summed E-state index contributed by atoms with van der Waals surface area (Å²) in [6, 6.07) is 15.6. The van der Waals surface area contributed by atoms with Gasteiger partial charge in [-0.05, 0) is 29.7 Å². The average Bonchev–Trinajstić information content (AvgIpc) is 2.50. The number of rotatable bonds is 5. The molecule has 0 saturated carbocycles.